The lowest BCUT2D eigenvalue weighted by Gasteiger charge is -2.09. The molecule has 2 aromatic carbocycles. The molecule has 2 aromatic rings. The van der Waals surface area contributed by atoms with Crippen molar-refractivity contribution in [1.82, 2.24) is 0 Å². The maximum atomic E-state index is 12.7. The summed E-state index contributed by atoms with van der Waals surface area (Å²) in [6.45, 7) is 1.38. The van der Waals surface area contributed by atoms with Crippen LogP contribution in [0.15, 0.2) is 66.2 Å². The normalized spacial score (nSPS) is 12.3. The van der Waals surface area contributed by atoms with Crippen molar-refractivity contribution < 1.29 is 18.0 Å². The molecule has 4 heteroatoms. The Bertz CT molecular complexity index is 668. The minimum Gasteiger partial charge on any atom is -0.289 e. The van der Waals surface area contributed by atoms with Crippen molar-refractivity contribution in [2.75, 3.05) is 0 Å². The first-order chi connectivity index (χ1) is 10.4. The van der Waals surface area contributed by atoms with Crippen molar-refractivity contribution in [2.24, 2.45) is 0 Å². The molecule has 2 rings (SSSR count). The Morgan fingerprint density at radius 3 is 2.00 bits per heavy atom. The summed E-state index contributed by atoms with van der Waals surface area (Å²) < 4.78 is 38.0. The lowest BCUT2D eigenvalue weighted by molar-refractivity contribution is -0.0936. The first-order valence-electron chi connectivity index (χ1n) is 6.89. The molecule has 0 radical (unpaired) electrons. The molecular formula is C18H15F3O. The fraction of sp³-hybridized carbons (Fsp3) is 0.167. The van der Waals surface area contributed by atoms with E-state index in [2.05, 4.69) is 0 Å². The van der Waals surface area contributed by atoms with E-state index in [1.54, 1.807) is 24.3 Å². The number of benzene rings is 2. The molecule has 0 fully saturated rings. The Labute approximate surface area is 127 Å². The number of hydrogen-bond donors (Lipinski definition) is 0. The zero-order chi connectivity index (χ0) is 16.2. The molecule has 22 heavy (non-hydrogen) atoms. The van der Waals surface area contributed by atoms with Crippen LogP contribution in [-0.4, -0.2) is 12.0 Å². The van der Waals surface area contributed by atoms with Crippen molar-refractivity contribution in [3.63, 3.8) is 0 Å². The van der Waals surface area contributed by atoms with Crippen LogP contribution in [0.3, 0.4) is 0 Å². The van der Waals surface area contributed by atoms with Crippen LogP contribution in [0.25, 0.3) is 11.1 Å². The van der Waals surface area contributed by atoms with Crippen molar-refractivity contribution in [1.29, 1.82) is 0 Å². The van der Waals surface area contributed by atoms with Crippen LogP contribution in [0.2, 0.25) is 0 Å². The Hall–Kier alpha value is -2.36. The molecule has 0 spiro atoms. The monoisotopic (exact) mass is 304 g/mol. The van der Waals surface area contributed by atoms with E-state index in [1.807, 2.05) is 30.3 Å². The van der Waals surface area contributed by atoms with E-state index in [0.717, 1.165) is 11.1 Å². The van der Waals surface area contributed by atoms with Gasteiger partial charge in [-0.2, -0.15) is 13.2 Å². The van der Waals surface area contributed by atoms with E-state index in [0.29, 0.717) is 6.08 Å². The minimum atomic E-state index is -4.46. The summed E-state index contributed by atoms with van der Waals surface area (Å²) in [5.74, 6) is -0.631. The van der Waals surface area contributed by atoms with E-state index in [4.69, 9.17) is 0 Å². The maximum absolute atomic E-state index is 12.7. The summed E-state index contributed by atoms with van der Waals surface area (Å²) in [6, 6.07) is 16.1. The van der Waals surface area contributed by atoms with Crippen LogP contribution < -0.4 is 0 Å². The maximum Gasteiger partial charge on any atom is 0.412 e. The summed E-state index contributed by atoms with van der Waals surface area (Å²) in [4.78, 5) is 11.9. The molecule has 0 atom stereocenters. The van der Waals surface area contributed by atoms with Crippen LogP contribution in [0.5, 0.6) is 0 Å². The van der Waals surface area contributed by atoms with Gasteiger partial charge in [-0.25, -0.2) is 0 Å². The van der Waals surface area contributed by atoms with Crippen molar-refractivity contribution in [3.8, 4) is 11.1 Å². The number of hydrogen-bond acceptors (Lipinski definition) is 1. The second-order valence-corrected chi connectivity index (χ2v) is 4.83. The second kappa shape index (κ2) is 6.60. The fourth-order valence-corrected chi connectivity index (χ4v) is 2.08. The Morgan fingerprint density at radius 2 is 1.50 bits per heavy atom. The molecule has 1 nitrogen and oxygen atoms in total. The van der Waals surface area contributed by atoms with Gasteiger partial charge < -0.3 is 0 Å². The van der Waals surface area contributed by atoms with Gasteiger partial charge in [-0.3, -0.25) is 4.79 Å². The summed E-state index contributed by atoms with van der Waals surface area (Å²) in [5, 5.41) is 0. The van der Waals surface area contributed by atoms with Gasteiger partial charge in [0, 0.05) is 11.1 Å². The van der Waals surface area contributed by atoms with Gasteiger partial charge in [-0.15, -0.1) is 0 Å². The molecule has 0 bridgehead atoms. The minimum absolute atomic E-state index is 0.225. The third-order valence-corrected chi connectivity index (χ3v) is 3.33. The highest BCUT2D eigenvalue weighted by molar-refractivity contribution is 6.05. The summed E-state index contributed by atoms with van der Waals surface area (Å²) >= 11 is 0. The highest BCUT2D eigenvalue weighted by atomic mass is 19.4. The van der Waals surface area contributed by atoms with E-state index in [9.17, 15) is 18.0 Å². The summed E-state index contributed by atoms with van der Waals surface area (Å²) in [7, 11) is 0. The molecule has 0 aliphatic heterocycles. The number of carbonyl (C=O) groups excluding carboxylic acids is 1. The third-order valence-electron chi connectivity index (χ3n) is 3.33. The van der Waals surface area contributed by atoms with Gasteiger partial charge in [0.05, 0.1) is 0 Å². The lowest BCUT2D eigenvalue weighted by atomic mass is 10.0. The molecule has 0 aliphatic rings. The Balaban J connectivity index is 2.24. The Kier molecular flexibility index (Phi) is 4.81. The average Bonchev–Trinajstić information content (AvgIpc) is 2.52. The lowest BCUT2D eigenvalue weighted by Crippen LogP contribution is -2.13. The zero-order valence-corrected chi connectivity index (χ0v) is 12.0. The average molecular weight is 304 g/mol. The van der Waals surface area contributed by atoms with Crippen molar-refractivity contribution >= 4 is 5.78 Å². The molecule has 0 heterocycles. The van der Waals surface area contributed by atoms with Crippen molar-refractivity contribution in [2.45, 2.75) is 19.5 Å². The topological polar surface area (TPSA) is 17.1 Å². The molecule has 0 saturated heterocycles. The highest BCUT2D eigenvalue weighted by Crippen LogP contribution is 2.28. The van der Waals surface area contributed by atoms with Gasteiger partial charge in [0.2, 0.25) is 0 Å². The Morgan fingerprint density at radius 1 is 0.955 bits per heavy atom. The molecule has 0 N–H and O–H groups in total. The molecule has 0 aliphatic carbocycles. The van der Waals surface area contributed by atoms with E-state index < -0.39 is 17.5 Å². The summed E-state index contributed by atoms with van der Waals surface area (Å²) in [5.41, 5.74) is 1.33. The number of ketones is 1. The fourth-order valence-electron chi connectivity index (χ4n) is 2.08. The molecule has 0 amide bonds. The predicted molar refractivity (Wildman–Crippen MR) is 80.6 cm³/mol. The predicted octanol–water partition coefficient (Wildman–Crippen LogP) is 5.44. The smallest absolute Gasteiger partial charge is 0.289 e. The molecule has 114 valence electrons. The molecular weight excluding hydrogens is 289 g/mol. The summed E-state index contributed by atoms with van der Waals surface area (Å²) in [6.07, 6.45) is -4.01. The van der Waals surface area contributed by atoms with Gasteiger partial charge in [-0.1, -0.05) is 61.5 Å². The molecule has 0 unspecified atom stereocenters. The number of allylic oxidation sites excluding steroid dienone is 2. The van der Waals surface area contributed by atoms with Gasteiger partial charge in [0.1, 0.15) is 0 Å². The number of rotatable bonds is 4. The van der Waals surface area contributed by atoms with Crippen LogP contribution in [0, 0.1) is 0 Å². The zero-order valence-electron chi connectivity index (χ0n) is 12.0. The standard InChI is InChI=1S/C18H15F3O/c1-2-16(18(19,20)21)12-17(22)15-10-8-14(9-11-15)13-6-4-3-5-7-13/h3-12H,2H2,1H3/b16-12+. The number of halogens is 3. The van der Waals surface area contributed by atoms with E-state index in [1.165, 1.54) is 6.92 Å². The van der Waals surface area contributed by atoms with Gasteiger partial charge in [-0.05, 0) is 23.6 Å². The van der Waals surface area contributed by atoms with Gasteiger partial charge in [0.25, 0.3) is 0 Å². The van der Waals surface area contributed by atoms with Crippen molar-refractivity contribution in [3.05, 3.63) is 71.8 Å². The molecule has 0 saturated carbocycles. The van der Waals surface area contributed by atoms with Crippen LogP contribution in [0.4, 0.5) is 13.2 Å². The van der Waals surface area contributed by atoms with E-state index >= 15 is 0 Å². The van der Waals surface area contributed by atoms with Gasteiger partial charge >= 0.3 is 6.18 Å². The first-order valence-corrected chi connectivity index (χ1v) is 6.89. The SMILES string of the molecule is CC/C(=C\C(=O)c1ccc(-c2ccccc2)cc1)C(F)(F)F. The second-order valence-electron chi connectivity index (χ2n) is 4.83. The van der Waals surface area contributed by atoms with Crippen LogP contribution in [0.1, 0.15) is 23.7 Å². The largest absolute Gasteiger partial charge is 0.412 e. The van der Waals surface area contributed by atoms with E-state index in [-0.39, 0.29) is 12.0 Å². The number of carbonyl (C=O) groups is 1. The van der Waals surface area contributed by atoms with Gasteiger partial charge in [0.15, 0.2) is 5.78 Å². The molecule has 0 aromatic heterocycles. The van der Waals surface area contributed by atoms with Crippen LogP contribution in [-0.2, 0) is 0 Å². The first kappa shape index (κ1) is 16.0. The third kappa shape index (κ3) is 3.85. The van der Waals surface area contributed by atoms with Crippen LogP contribution >= 0.6 is 0 Å². The highest BCUT2D eigenvalue weighted by Gasteiger charge is 2.32. The quantitative estimate of drug-likeness (QED) is 0.543. The number of alkyl halides is 3.